The molecule has 1 atom stereocenters. The minimum Gasteiger partial charge on any atom is -0.481 e. The number of hydrogen-bond donors (Lipinski definition) is 12. The summed E-state index contributed by atoms with van der Waals surface area (Å²) in [4.78, 5) is 102. The molecule has 0 aliphatic carbocycles. The van der Waals surface area contributed by atoms with E-state index in [9.17, 15) is 33.6 Å². The zero-order chi connectivity index (χ0) is 43.0. The Bertz CT molecular complexity index is 2200. The van der Waals surface area contributed by atoms with Gasteiger partial charge in [-0.05, 0) is 30.7 Å². The molecule has 3 heterocycles. The molecule has 0 spiro atoms. The molecule has 302 valence electrons. The number of fused-ring (bicyclic) bond motifs is 1. The van der Waals surface area contributed by atoms with Crippen molar-refractivity contribution in [1.82, 2.24) is 35.2 Å². The van der Waals surface area contributed by atoms with Crippen LogP contribution in [0.25, 0.3) is 11.2 Å². The molecule has 0 aliphatic rings. The van der Waals surface area contributed by atoms with E-state index in [1.54, 1.807) is 12.1 Å². The summed E-state index contributed by atoms with van der Waals surface area (Å²) >= 11 is 5.55. The van der Waals surface area contributed by atoms with Gasteiger partial charge in [0.15, 0.2) is 45.4 Å². The minimum atomic E-state index is -1.58. The van der Waals surface area contributed by atoms with Crippen LogP contribution in [0, 0.1) is 0 Å². The van der Waals surface area contributed by atoms with Gasteiger partial charge in [-0.2, -0.15) is 15.0 Å². The highest BCUT2D eigenvalue weighted by Gasteiger charge is 2.22. The summed E-state index contributed by atoms with van der Waals surface area (Å²) in [6.45, 7) is 0.300. The number of carboxylic acid groups (broad SMARTS) is 4. The first-order valence-corrected chi connectivity index (χ1v) is 15.9. The van der Waals surface area contributed by atoms with Crippen molar-refractivity contribution in [2.45, 2.75) is 38.3 Å². The lowest BCUT2D eigenvalue weighted by atomic mass is 10.1. The molecule has 18 N–H and O–H groups in total. The molecule has 0 saturated heterocycles. The van der Waals surface area contributed by atoms with Crippen LogP contribution in [0.1, 0.15) is 52.2 Å². The molecule has 3 aromatic heterocycles. The largest absolute Gasteiger partial charge is 0.481 e. The number of benzene rings is 1. The third kappa shape index (κ3) is 15.1. The number of carbonyl (C=O) groups is 7. The van der Waals surface area contributed by atoms with E-state index in [2.05, 4.69) is 45.5 Å². The number of carbonyl (C=O) groups excluding carboxylic acids is 3. The maximum absolute atomic E-state index is 12.3. The van der Waals surface area contributed by atoms with E-state index in [4.69, 9.17) is 66.4 Å². The monoisotopic (exact) mass is 815 g/mol. The van der Waals surface area contributed by atoms with Crippen molar-refractivity contribution < 1.29 is 54.0 Å². The van der Waals surface area contributed by atoms with E-state index in [1.807, 2.05) is 0 Å². The number of aliphatic carboxylic acids is 4. The number of Topliss-reactive ketones (excluding diaryl/α,β-unsaturated/α-hetero) is 1. The number of guanidine groups is 1. The number of amides is 2. The predicted molar refractivity (Wildman–Crippen MR) is 199 cm³/mol. The van der Waals surface area contributed by atoms with E-state index in [0.717, 1.165) is 0 Å². The summed E-state index contributed by atoms with van der Waals surface area (Å²) in [5, 5.41) is 39.1. The maximum atomic E-state index is 12.3. The Morgan fingerprint density at radius 1 is 0.772 bits per heavy atom. The van der Waals surface area contributed by atoms with E-state index in [1.165, 1.54) is 18.3 Å². The van der Waals surface area contributed by atoms with Gasteiger partial charge in [-0.3, -0.25) is 24.0 Å². The van der Waals surface area contributed by atoms with Crippen LogP contribution in [0.5, 0.6) is 0 Å². The maximum Gasteiger partial charge on any atom is 0.372 e. The van der Waals surface area contributed by atoms with Crippen LogP contribution in [0.15, 0.2) is 35.5 Å². The van der Waals surface area contributed by atoms with Crippen LogP contribution in [0.4, 0.5) is 29.1 Å². The van der Waals surface area contributed by atoms with Crippen molar-refractivity contribution >= 4 is 99.3 Å². The van der Waals surface area contributed by atoms with Gasteiger partial charge in [0, 0.05) is 24.1 Å². The molecule has 0 aliphatic heterocycles. The molecule has 4 aromatic rings. The second-order valence-electron chi connectivity index (χ2n) is 10.8. The summed E-state index contributed by atoms with van der Waals surface area (Å²) < 4.78 is 0. The highest BCUT2D eigenvalue weighted by Crippen LogP contribution is 2.18. The van der Waals surface area contributed by atoms with Crippen LogP contribution in [0.2, 0.25) is 5.15 Å². The highest BCUT2D eigenvalue weighted by molar-refractivity contribution is 6.33. The fourth-order valence-electron chi connectivity index (χ4n) is 3.86. The number of halogens is 1. The Kier molecular flexibility index (Phi) is 16.6. The Balaban J connectivity index is 0.000000369. The van der Waals surface area contributed by atoms with Gasteiger partial charge >= 0.3 is 29.8 Å². The summed E-state index contributed by atoms with van der Waals surface area (Å²) in [5.41, 5.74) is 33.9. The zero-order valence-corrected chi connectivity index (χ0v) is 29.9. The fraction of sp³-hybridized carbons (Fsp3) is 0.200. The standard InChI is InChI=1S/C19H20N8O5.C6H8ClN7O.C5H6O5/c20-15-14-16(27-19(21)26-15)23-8-11(24-14)7-22-10-3-1-9(2-4-10)17(30)25-12(18(31)32)5-6-13(28)29;7-2-4(9)13-3(8)1(12-2)5(15)14-6(10)11;6-3(5(9)10)1-2-4(7)8/h1-4,8,12,22H,5-7H2,(H,25,30)(H,28,29)(H,31,32)(H4,20,21,23,26,27);(H4,8,9,13)(H4,10,11,14,15);1-2H2,(H,7,8)(H,9,10). The van der Waals surface area contributed by atoms with E-state index >= 15 is 0 Å². The van der Waals surface area contributed by atoms with Crippen LogP contribution in [0.3, 0.4) is 0 Å². The molecule has 0 radical (unpaired) electrons. The van der Waals surface area contributed by atoms with Crippen molar-refractivity contribution in [3.63, 3.8) is 0 Å². The number of nitrogen functional groups attached to an aromatic ring is 4. The predicted octanol–water partition coefficient (Wildman–Crippen LogP) is -1.54. The number of aromatic nitrogens is 6. The van der Waals surface area contributed by atoms with E-state index in [-0.39, 0.29) is 58.3 Å². The average molecular weight is 816 g/mol. The number of hydrogen-bond acceptors (Lipinski definition) is 18. The fourth-order valence-corrected chi connectivity index (χ4v) is 3.99. The molecular formula is C30H34ClN15O11. The molecule has 4 rings (SSSR count). The summed E-state index contributed by atoms with van der Waals surface area (Å²) in [7, 11) is 0. The SMILES string of the molecule is NC(N)=NC(=O)c1nc(Cl)c(N)nc1N.Nc1nc(N)c2nc(CNc3ccc(C(=O)NC(CCC(=O)O)C(=O)O)cc3)cnc2n1.O=C(O)CCC(=O)C(=O)O. The number of anilines is 5. The lowest BCUT2D eigenvalue weighted by Gasteiger charge is -2.14. The quantitative estimate of drug-likeness (QED) is 0.0389. The van der Waals surface area contributed by atoms with Gasteiger partial charge in [-0.1, -0.05) is 11.6 Å². The molecule has 1 unspecified atom stereocenters. The summed E-state index contributed by atoms with van der Waals surface area (Å²) in [6.07, 6.45) is 0.0654. The molecule has 26 nitrogen and oxygen atoms in total. The van der Waals surface area contributed by atoms with Crippen molar-refractivity contribution in [2.24, 2.45) is 16.5 Å². The number of nitrogens with one attached hydrogen (secondary N) is 2. The highest BCUT2D eigenvalue weighted by atomic mass is 35.5. The van der Waals surface area contributed by atoms with Gasteiger partial charge in [0.05, 0.1) is 24.9 Å². The van der Waals surface area contributed by atoms with Crippen LogP contribution >= 0.6 is 11.6 Å². The third-order valence-electron chi connectivity index (χ3n) is 6.51. The number of rotatable bonds is 14. The van der Waals surface area contributed by atoms with Crippen molar-refractivity contribution in [2.75, 3.05) is 28.3 Å². The van der Waals surface area contributed by atoms with E-state index < -0.39 is 66.3 Å². The molecule has 27 heteroatoms. The summed E-state index contributed by atoms with van der Waals surface area (Å²) in [5.74, 6) is -8.25. The zero-order valence-electron chi connectivity index (χ0n) is 29.1. The average Bonchev–Trinajstić information content (AvgIpc) is 3.13. The smallest absolute Gasteiger partial charge is 0.372 e. The molecule has 0 saturated carbocycles. The first-order chi connectivity index (χ1) is 26.7. The van der Waals surface area contributed by atoms with Crippen LogP contribution in [-0.2, 0) is 30.5 Å². The number of nitrogens with two attached hydrogens (primary N) is 6. The Morgan fingerprint density at radius 2 is 1.40 bits per heavy atom. The molecule has 57 heavy (non-hydrogen) atoms. The van der Waals surface area contributed by atoms with Crippen LogP contribution in [-0.4, -0.2) is 104 Å². The minimum absolute atomic E-state index is 0.0101. The van der Waals surface area contributed by atoms with Gasteiger partial charge < -0.3 is 65.5 Å². The Morgan fingerprint density at radius 3 is 1.96 bits per heavy atom. The number of ketones is 1. The number of aliphatic imine (C=N–C) groups is 1. The van der Waals surface area contributed by atoms with Crippen molar-refractivity contribution in [1.29, 1.82) is 0 Å². The second kappa shape index (κ2) is 21.0. The second-order valence-corrected chi connectivity index (χ2v) is 11.2. The molecule has 0 bridgehead atoms. The van der Waals surface area contributed by atoms with Gasteiger partial charge in [0.25, 0.3) is 5.91 Å². The first kappa shape index (κ1) is 45.1. The molecule has 1 aromatic carbocycles. The number of carboxylic acids is 4. The topological polar surface area (TPSA) is 470 Å². The lowest BCUT2D eigenvalue weighted by Crippen LogP contribution is -2.41. The lowest BCUT2D eigenvalue weighted by molar-refractivity contribution is -0.150. The first-order valence-electron chi connectivity index (χ1n) is 15.5. The van der Waals surface area contributed by atoms with Gasteiger partial charge in [-0.15, -0.1) is 0 Å². The Hall–Kier alpha value is -8.03. The third-order valence-corrected chi connectivity index (χ3v) is 6.79. The van der Waals surface area contributed by atoms with Gasteiger partial charge in [0.1, 0.15) is 6.04 Å². The number of nitrogens with zero attached hydrogens (tertiary/aromatic N) is 7. The Labute approximate surface area is 323 Å². The van der Waals surface area contributed by atoms with Gasteiger partial charge in [-0.25, -0.2) is 29.5 Å². The molecule has 2 amide bonds. The molecular weight excluding hydrogens is 782 g/mol. The van der Waals surface area contributed by atoms with Gasteiger partial charge in [0.2, 0.25) is 11.7 Å². The molecule has 0 fully saturated rings. The van der Waals surface area contributed by atoms with Crippen molar-refractivity contribution in [3.05, 3.63) is 52.6 Å². The van der Waals surface area contributed by atoms with E-state index in [0.29, 0.717) is 23.4 Å². The van der Waals surface area contributed by atoms with Crippen LogP contribution < -0.4 is 45.0 Å². The van der Waals surface area contributed by atoms with Crippen molar-refractivity contribution in [3.8, 4) is 0 Å². The normalized spacial score (nSPS) is 10.6. The summed E-state index contributed by atoms with van der Waals surface area (Å²) in [6, 6.07) is 4.99.